The normalized spacial score (nSPS) is 18.3. The summed E-state index contributed by atoms with van der Waals surface area (Å²) in [5.41, 5.74) is 0.818. The van der Waals surface area contributed by atoms with Crippen LogP contribution in [-0.4, -0.2) is 28.2 Å². The van der Waals surface area contributed by atoms with Crippen LogP contribution >= 0.6 is 0 Å². The second-order valence-corrected chi connectivity index (χ2v) is 3.46. The number of hydrogen-bond acceptors (Lipinski definition) is 4. The summed E-state index contributed by atoms with van der Waals surface area (Å²) in [5.74, 6) is 0.347. The molecule has 1 aliphatic heterocycles. The van der Waals surface area contributed by atoms with Crippen molar-refractivity contribution in [3.05, 3.63) is 21.9 Å². The monoisotopic (exact) mass is 196 g/mol. The van der Waals surface area contributed by atoms with Crippen molar-refractivity contribution in [2.24, 2.45) is 0 Å². The average Bonchev–Trinajstić information content (AvgIpc) is 2.68. The van der Waals surface area contributed by atoms with Crippen molar-refractivity contribution in [2.45, 2.75) is 18.8 Å². The van der Waals surface area contributed by atoms with E-state index in [4.69, 9.17) is 0 Å². The summed E-state index contributed by atoms with van der Waals surface area (Å²) in [6.45, 7) is 1.93. The molecule has 0 aliphatic carbocycles. The molecule has 1 aromatic rings. The zero-order chi connectivity index (χ0) is 9.97. The molecule has 2 heterocycles. The van der Waals surface area contributed by atoms with E-state index in [1.165, 1.54) is 6.07 Å². The number of aromatic nitrogens is 2. The maximum Gasteiger partial charge on any atom is 0.342 e. The van der Waals surface area contributed by atoms with Gasteiger partial charge in [0.15, 0.2) is 0 Å². The quantitative estimate of drug-likeness (QED) is 0.541. The molecule has 6 heteroatoms. The molecular weight excluding hydrogens is 184 g/mol. The van der Waals surface area contributed by atoms with Crippen LogP contribution in [0.1, 0.15) is 24.5 Å². The van der Waals surface area contributed by atoms with Gasteiger partial charge in [-0.15, -0.1) is 5.10 Å². The third kappa shape index (κ3) is 1.74. The van der Waals surface area contributed by atoms with Gasteiger partial charge in [0.25, 0.3) is 0 Å². The van der Waals surface area contributed by atoms with Gasteiger partial charge in [-0.25, -0.2) is 0 Å². The Kier molecular flexibility index (Phi) is 2.45. The number of nitro groups is 1. The molecule has 0 bridgehead atoms. The molecule has 0 spiro atoms. The lowest BCUT2D eigenvalue weighted by atomic mass is 9.95. The Bertz CT molecular complexity index is 330. The molecule has 0 atom stereocenters. The van der Waals surface area contributed by atoms with E-state index in [-0.39, 0.29) is 5.82 Å². The SMILES string of the molecule is O=[N+]([O-])c1cc(C2CCNCC2)n[nH]1. The molecular formula is C8H12N4O2. The van der Waals surface area contributed by atoms with Crippen LogP contribution in [-0.2, 0) is 0 Å². The Balaban J connectivity index is 2.11. The van der Waals surface area contributed by atoms with Crippen molar-refractivity contribution in [3.63, 3.8) is 0 Å². The topological polar surface area (TPSA) is 83.8 Å². The van der Waals surface area contributed by atoms with Gasteiger partial charge >= 0.3 is 5.82 Å². The van der Waals surface area contributed by atoms with Gasteiger partial charge in [-0.05, 0) is 30.9 Å². The first-order valence-electron chi connectivity index (χ1n) is 4.68. The smallest absolute Gasteiger partial charge is 0.342 e. The van der Waals surface area contributed by atoms with Crippen molar-refractivity contribution in [1.82, 2.24) is 15.5 Å². The van der Waals surface area contributed by atoms with Gasteiger partial charge < -0.3 is 15.4 Å². The minimum atomic E-state index is -0.447. The summed E-state index contributed by atoms with van der Waals surface area (Å²) >= 11 is 0. The van der Waals surface area contributed by atoms with E-state index >= 15 is 0 Å². The van der Waals surface area contributed by atoms with E-state index in [0.717, 1.165) is 31.6 Å². The number of hydrogen-bond donors (Lipinski definition) is 2. The minimum Gasteiger partial charge on any atom is -0.358 e. The van der Waals surface area contributed by atoms with Crippen LogP contribution in [0.4, 0.5) is 5.82 Å². The van der Waals surface area contributed by atoms with Gasteiger partial charge in [0.2, 0.25) is 0 Å². The fourth-order valence-corrected chi connectivity index (χ4v) is 1.75. The average molecular weight is 196 g/mol. The van der Waals surface area contributed by atoms with Crippen LogP contribution in [0.2, 0.25) is 0 Å². The molecule has 76 valence electrons. The number of aromatic amines is 1. The number of nitrogens with zero attached hydrogens (tertiary/aromatic N) is 2. The van der Waals surface area contributed by atoms with Crippen molar-refractivity contribution < 1.29 is 4.92 Å². The lowest BCUT2D eigenvalue weighted by molar-refractivity contribution is -0.389. The molecule has 0 radical (unpaired) electrons. The fourth-order valence-electron chi connectivity index (χ4n) is 1.75. The molecule has 0 amide bonds. The fraction of sp³-hybridized carbons (Fsp3) is 0.625. The van der Waals surface area contributed by atoms with Gasteiger partial charge in [0.05, 0.1) is 11.8 Å². The maximum atomic E-state index is 10.4. The van der Waals surface area contributed by atoms with E-state index in [0.29, 0.717) is 5.92 Å². The highest BCUT2D eigenvalue weighted by atomic mass is 16.6. The number of rotatable bonds is 2. The summed E-state index contributed by atoms with van der Waals surface area (Å²) in [6, 6.07) is 1.54. The highest BCUT2D eigenvalue weighted by molar-refractivity contribution is 5.23. The van der Waals surface area contributed by atoms with E-state index < -0.39 is 4.92 Å². The van der Waals surface area contributed by atoms with E-state index in [1.54, 1.807) is 0 Å². The Morgan fingerprint density at radius 2 is 2.21 bits per heavy atom. The lowest BCUT2D eigenvalue weighted by Crippen LogP contribution is -2.26. The van der Waals surface area contributed by atoms with Crippen LogP contribution in [0.3, 0.4) is 0 Å². The van der Waals surface area contributed by atoms with Crippen LogP contribution in [0, 0.1) is 10.1 Å². The summed E-state index contributed by atoms with van der Waals surface area (Å²) in [4.78, 5) is 9.97. The van der Waals surface area contributed by atoms with Crippen LogP contribution < -0.4 is 5.32 Å². The second-order valence-electron chi connectivity index (χ2n) is 3.46. The predicted molar refractivity (Wildman–Crippen MR) is 50.1 cm³/mol. The molecule has 1 saturated heterocycles. The molecule has 0 unspecified atom stereocenters. The first kappa shape index (κ1) is 9.14. The molecule has 2 N–H and O–H groups in total. The summed E-state index contributed by atoms with van der Waals surface area (Å²) in [7, 11) is 0. The van der Waals surface area contributed by atoms with Crippen molar-refractivity contribution in [3.8, 4) is 0 Å². The molecule has 1 aliphatic rings. The Labute approximate surface area is 80.9 Å². The minimum absolute atomic E-state index is 0.0152. The highest BCUT2D eigenvalue weighted by Gasteiger charge is 2.20. The van der Waals surface area contributed by atoms with Crippen LogP contribution in [0.5, 0.6) is 0 Å². The maximum absolute atomic E-state index is 10.4. The Morgan fingerprint density at radius 3 is 2.79 bits per heavy atom. The van der Waals surface area contributed by atoms with Crippen LogP contribution in [0.25, 0.3) is 0 Å². The molecule has 6 nitrogen and oxygen atoms in total. The highest BCUT2D eigenvalue weighted by Crippen LogP contribution is 2.25. The largest absolute Gasteiger partial charge is 0.358 e. The third-order valence-electron chi connectivity index (χ3n) is 2.54. The van der Waals surface area contributed by atoms with Gasteiger partial charge in [-0.3, -0.25) is 0 Å². The second kappa shape index (κ2) is 3.75. The zero-order valence-electron chi connectivity index (χ0n) is 7.69. The first-order chi connectivity index (χ1) is 6.77. The Morgan fingerprint density at radius 1 is 1.50 bits per heavy atom. The molecule has 1 fully saturated rings. The molecule has 0 saturated carbocycles. The van der Waals surface area contributed by atoms with E-state index in [1.807, 2.05) is 0 Å². The number of H-pyrrole nitrogens is 1. The first-order valence-corrected chi connectivity index (χ1v) is 4.68. The van der Waals surface area contributed by atoms with Gasteiger partial charge in [0.1, 0.15) is 0 Å². The standard InChI is InChI=1S/C8H12N4O2/c13-12(14)8-5-7(10-11-8)6-1-3-9-4-2-6/h5-6,9H,1-4H2,(H,10,11). The number of piperidine rings is 1. The van der Waals surface area contributed by atoms with Gasteiger partial charge in [0, 0.05) is 5.92 Å². The van der Waals surface area contributed by atoms with Gasteiger partial charge in [-0.2, -0.15) is 0 Å². The predicted octanol–water partition coefficient (Wildman–Crippen LogP) is 0.785. The molecule has 14 heavy (non-hydrogen) atoms. The van der Waals surface area contributed by atoms with Crippen LogP contribution in [0.15, 0.2) is 6.07 Å². The summed E-state index contributed by atoms with van der Waals surface area (Å²) in [5, 5.41) is 20.1. The van der Waals surface area contributed by atoms with Crippen molar-refractivity contribution >= 4 is 5.82 Å². The molecule has 2 rings (SSSR count). The van der Waals surface area contributed by atoms with Gasteiger partial charge in [-0.1, -0.05) is 5.10 Å². The lowest BCUT2D eigenvalue weighted by Gasteiger charge is -2.19. The summed E-state index contributed by atoms with van der Waals surface area (Å²) < 4.78 is 0. The molecule has 0 aromatic carbocycles. The Hall–Kier alpha value is -1.43. The van der Waals surface area contributed by atoms with E-state index in [2.05, 4.69) is 15.5 Å². The number of nitrogens with one attached hydrogen (secondary N) is 2. The van der Waals surface area contributed by atoms with Crippen molar-refractivity contribution in [1.29, 1.82) is 0 Å². The third-order valence-corrected chi connectivity index (χ3v) is 2.54. The zero-order valence-corrected chi connectivity index (χ0v) is 7.69. The van der Waals surface area contributed by atoms with E-state index in [9.17, 15) is 10.1 Å². The van der Waals surface area contributed by atoms with Crippen molar-refractivity contribution in [2.75, 3.05) is 13.1 Å². The molecule has 1 aromatic heterocycles. The summed E-state index contributed by atoms with van der Waals surface area (Å²) in [6.07, 6.45) is 2.00.